The summed E-state index contributed by atoms with van der Waals surface area (Å²) in [5, 5.41) is 14.3. The van der Waals surface area contributed by atoms with Gasteiger partial charge in [0.15, 0.2) is 11.5 Å². The van der Waals surface area contributed by atoms with Gasteiger partial charge in [-0.3, -0.25) is 0 Å². The smallest absolute Gasteiger partial charge is 0.335 e. The average Bonchev–Trinajstić information content (AvgIpc) is 2.60. The Kier molecular flexibility index (Phi) is 5.62. The van der Waals surface area contributed by atoms with Crippen LogP contribution in [-0.2, 0) is 6.54 Å². The molecular formula is C17H18N2O5. The Bertz CT molecular complexity index is 746. The Morgan fingerprint density at radius 1 is 1.04 bits per heavy atom. The van der Waals surface area contributed by atoms with Crippen LogP contribution in [0.3, 0.4) is 0 Å². The third-order valence-corrected chi connectivity index (χ3v) is 3.27. The average molecular weight is 330 g/mol. The Morgan fingerprint density at radius 2 is 1.79 bits per heavy atom. The number of methoxy groups -OCH3 is 2. The number of anilines is 1. The van der Waals surface area contributed by atoms with E-state index in [1.165, 1.54) is 26.4 Å². The summed E-state index contributed by atoms with van der Waals surface area (Å²) in [5.41, 5.74) is 1.41. The monoisotopic (exact) mass is 330 g/mol. The lowest BCUT2D eigenvalue weighted by Crippen LogP contribution is -2.28. The van der Waals surface area contributed by atoms with Crippen LogP contribution in [0.4, 0.5) is 10.5 Å². The molecule has 0 aliphatic heterocycles. The molecule has 0 aliphatic rings. The van der Waals surface area contributed by atoms with Crippen LogP contribution in [0.15, 0.2) is 42.5 Å². The van der Waals surface area contributed by atoms with Crippen LogP contribution in [0.5, 0.6) is 11.5 Å². The van der Waals surface area contributed by atoms with Crippen LogP contribution < -0.4 is 20.1 Å². The molecule has 7 nitrogen and oxygen atoms in total. The number of hydrogen-bond donors (Lipinski definition) is 3. The highest BCUT2D eigenvalue weighted by molar-refractivity contribution is 5.90. The van der Waals surface area contributed by atoms with Gasteiger partial charge in [-0.15, -0.1) is 0 Å². The molecule has 0 heterocycles. The molecule has 3 N–H and O–H groups in total. The van der Waals surface area contributed by atoms with Crippen LogP contribution >= 0.6 is 0 Å². The SMILES string of the molecule is COc1ccc(NC(=O)NCc2cccc(C(=O)O)c2)cc1OC. The number of amides is 2. The Morgan fingerprint density at radius 3 is 2.46 bits per heavy atom. The van der Waals surface area contributed by atoms with Crippen LogP contribution in [-0.4, -0.2) is 31.3 Å². The maximum absolute atomic E-state index is 11.9. The zero-order chi connectivity index (χ0) is 17.5. The minimum Gasteiger partial charge on any atom is -0.493 e. The van der Waals surface area contributed by atoms with Crippen molar-refractivity contribution in [3.05, 3.63) is 53.6 Å². The predicted molar refractivity (Wildman–Crippen MR) is 88.8 cm³/mol. The van der Waals surface area contributed by atoms with E-state index < -0.39 is 12.0 Å². The molecular weight excluding hydrogens is 312 g/mol. The van der Waals surface area contributed by atoms with E-state index >= 15 is 0 Å². The van der Waals surface area contributed by atoms with Crippen molar-refractivity contribution < 1.29 is 24.2 Å². The fraction of sp³-hybridized carbons (Fsp3) is 0.176. The van der Waals surface area contributed by atoms with E-state index in [9.17, 15) is 9.59 Å². The Hall–Kier alpha value is -3.22. The maximum atomic E-state index is 11.9. The quantitative estimate of drug-likeness (QED) is 0.757. The number of ether oxygens (including phenoxy) is 2. The van der Waals surface area contributed by atoms with Crippen molar-refractivity contribution in [3.63, 3.8) is 0 Å². The summed E-state index contributed by atoms with van der Waals surface area (Å²) < 4.78 is 10.3. The second-order valence-electron chi connectivity index (χ2n) is 4.88. The normalized spacial score (nSPS) is 9.92. The van der Waals surface area contributed by atoms with Crippen molar-refractivity contribution in [1.29, 1.82) is 0 Å². The maximum Gasteiger partial charge on any atom is 0.335 e. The highest BCUT2D eigenvalue weighted by Gasteiger charge is 2.08. The first kappa shape index (κ1) is 17.1. The van der Waals surface area contributed by atoms with Gasteiger partial charge in [0, 0.05) is 18.3 Å². The van der Waals surface area contributed by atoms with Gasteiger partial charge in [0.2, 0.25) is 0 Å². The minimum absolute atomic E-state index is 0.176. The standard InChI is InChI=1S/C17H18N2O5/c1-23-14-7-6-13(9-15(14)24-2)19-17(22)18-10-11-4-3-5-12(8-11)16(20)21/h3-9H,10H2,1-2H3,(H,20,21)(H2,18,19,22). The van der Waals surface area contributed by atoms with Crippen LogP contribution in [0.25, 0.3) is 0 Å². The van der Waals surface area contributed by atoms with Gasteiger partial charge in [-0.05, 0) is 29.8 Å². The lowest BCUT2D eigenvalue weighted by molar-refractivity contribution is 0.0696. The molecule has 0 atom stereocenters. The van der Waals surface area contributed by atoms with E-state index in [1.807, 2.05) is 0 Å². The van der Waals surface area contributed by atoms with E-state index in [1.54, 1.807) is 30.3 Å². The second kappa shape index (κ2) is 7.87. The lowest BCUT2D eigenvalue weighted by atomic mass is 10.1. The molecule has 0 fully saturated rings. The zero-order valence-electron chi connectivity index (χ0n) is 13.3. The van der Waals surface area contributed by atoms with Gasteiger partial charge in [0.25, 0.3) is 0 Å². The minimum atomic E-state index is -1.01. The summed E-state index contributed by atoms with van der Waals surface area (Å²) in [6, 6.07) is 11.0. The van der Waals surface area contributed by atoms with Crippen LogP contribution in [0.2, 0.25) is 0 Å². The zero-order valence-corrected chi connectivity index (χ0v) is 13.3. The molecule has 0 bridgehead atoms. The van der Waals surface area contributed by atoms with E-state index in [4.69, 9.17) is 14.6 Å². The molecule has 7 heteroatoms. The largest absolute Gasteiger partial charge is 0.493 e. The molecule has 0 aliphatic carbocycles. The van der Waals surface area contributed by atoms with Gasteiger partial charge in [-0.2, -0.15) is 0 Å². The highest BCUT2D eigenvalue weighted by atomic mass is 16.5. The first-order valence-corrected chi connectivity index (χ1v) is 7.12. The number of nitrogens with one attached hydrogen (secondary N) is 2. The van der Waals surface area contributed by atoms with Crippen molar-refractivity contribution in [2.24, 2.45) is 0 Å². The van der Waals surface area contributed by atoms with Gasteiger partial charge in [-0.1, -0.05) is 12.1 Å². The van der Waals surface area contributed by atoms with Crippen LogP contribution in [0.1, 0.15) is 15.9 Å². The van der Waals surface area contributed by atoms with Crippen molar-refractivity contribution in [2.45, 2.75) is 6.54 Å². The Balaban J connectivity index is 1.96. The van der Waals surface area contributed by atoms with Gasteiger partial charge in [0.1, 0.15) is 0 Å². The third-order valence-electron chi connectivity index (χ3n) is 3.27. The van der Waals surface area contributed by atoms with Crippen molar-refractivity contribution in [2.75, 3.05) is 19.5 Å². The number of aromatic carboxylic acids is 1. The van der Waals surface area contributed by atoms with Gasteiger partial charge >= 0.3 is 12.0 Å². The first-order chi connectivity index (χ1) is 11.5. The lowest BCUT2D eigenvalue weighted by Gasteiger charge is -2.11. The first-order valence-electron chi connectivity index (χ1n) is 7.12. The Labute approximate surface area is 139 Å². The molecule has 0 radical (unpaired) electrons. The van der Waals surface area contributed by atoms with Gasteiger partial charge in [-0.25, -0.2) is 9.59 Å². The molecule has 2 amide bonds. The summed E-state index contributed by atoms with van der Waals surface area (Å²) >= 11 is 0. The fourth-order valence-electron chi connectivity index (χ4n) is 2.09. The van der Waals surface area contributed by atoms with E-state index in [0.29, 0.717) is 22.7 Å². The van der Waals surface area contributed by atoms with Crippen molar-refractivity contribution in [3.8, 4) is 11.5 Å². The molecule has 2 rings (SSSR count). The summed E-state index contributed by atoms with van der Waals surface area (Å²) in [6.45, 7) is 0.209. The number of carbonyl (C=O) groups is 2. The molecule has 2 aromatic rings. The summed E-state index contributed by atoms with van der Waals surface area (Å²) in [6.07, 6.45) is 0. The summed E-state index contributed by atoms with van der Waals surface area (Å²) in [4.78, 5) is 22.9. The topological polar surface area (TPSA) is 96.9 Å². The van der Waals surface area contributed by atoms with E-state index in [-0.39, 0.29) is 12.1 Å². The number of benzene rings is 2. The molecule has 0 unspecified atom stereocenters. The molecule has 24 heavy (non-hydrogen) atoms. The second-order valence-corrected chi connectivity index (χ2v) is 4.88. The van der Waals surface area contributed by atoms with Gasteiger partial charge < -0.3 is 25.2 Å². The number of hydrogen-bond acceptors (Lipinski definition) is 4. The molecule has 2 aromatic carbocycles. The molecule has 0 spiro atoms. The molecule has 0 saturated carbocycles. The molecule has 0 aromatic heterocycles. The number of urea groups is 1. The molecule has 126 valence electrons. The third kappa shape index (κ3) is 4.39. The van der Waals surface area contributed by atoms with Crippen molar-refractivity contribution >= 4 is 17.7 Å². The fourth-order valence-corrected chi connectivity index (χ4v) is 2.09. The number of rotatable bonds is 6. The van der Waals surface area contributed by atoms with E-state index in [0.717, 1.165) is 0 Å². The van der Waals surface area contributed by atoms with Crippen LogP contribution in [0, 0.1) is 0 Å². The number of carboxylic acid groups (broad SMARTS) is 1. The van der Waals surface area contributed by atoms with Gasteiger partial charge in [0.05, 0.1) is 19.8 Å². The number of carboxylic acids is 1. The highest BCUT2D eigenvalue weighted by Crippen LogP contribution is 2.29. The van der Waals surface area contributed by atoms with E-state index in [2.05, 4.69) is 10.6 Å². The number of carbonyl (C=O) groups excluding carboxylic acids is 1. The van der Waals surface area contributed by atoms with Crippen molar-refractivity contribution in [1.82, 2.24) is 5.32 Å². The summed E-state index contributed by atoms with van der Waals surface area (Å²) in [5.74, 6) is 0.0602. The summed E-state index contributed by atoms with van der Waals surface area (Å²) in [7, 11) is 3.04. The predicted octanol–water partition coefficient (Wildman–Crippen LogP) is 2.72. The molecule has 0 saturated heterocycles.